The zero-order valence-corrected chi connectivity index (χ0v) is 12.5. The fraction of sp³-hybridized carbons (Fsp3) is 0.562. The van der Waals surface area contributed by atoms with E-state index in [1.54, 1.807) is 6.07 Å². The average molecular weight is 314 g/mol. The maximum absolute atomic E-state index is 12.6. The first-order valence-electron chi connectivity index (χ1n) is 7.57. The van der Waals surface area contributed by atoms with Crippen LogP contribution in [-0.4, -0.2) is 12.1 Å². The summed E-state index contributed by atoms with van der Waals surface area (Å²) >= 11 is 0. The van der Waals surface area contributed by atoms with Crippen LogP contribution in [0.2, 0.25) is 0 Å². The second-order valence-electron chi connectivity index (χ2n) is 5.89. The topological polar surface area (TPSA) is 41.1 Å². The van der Waals surface area contributed by atoms with E-state index in [4.69, 9.17) is 0 Å². The van der Waals surface area contributed by atoms with E-state index in [0.29, 0.717) is 11.5 Å². The summed E-state index contributed by atoms with van der Waals surface area (Å²) in [6, 6.07) is 4.82. The molecule has 0 aliphatic heterocycles. The number of halogens is 3. The Labute approximate surface area is 128 Å². The minimum absolute atomic E-state index is 0.0802. The molecule has 0 heterocycles. The number of rotatable bonds is 3. The highest BCUT2D eigenvalue weighted by Gasteiger charge is 2.30. The van der Waals surface area contributed by atoms with E-state index in [2.05, 4.69) is 17.6 Å². The lowest BCUT2D eigenvalue weighted by atomic mass is 9.86. The molecule has 0 radical (unpaired) electrons. The fourth-order valence-electron chi connectivity index (χ4n) is 2.79. The summed E-state index contributed by atoms with van der Waals surface area (Å²) in [5.74, 6) is 0.438. The van der Waals surface area contributed by atoms with Crippen LogP contribution in [0, 0.1) is 5.92 Å². The van der Waals surface area contributed by atoms with Gasteiger partial charge in [0, 0.05) is 12.6 Å². The van der Waals surface area contributed by atoms with Gasteiger partial charge in [-0.25, -0.2) is 4.79 Å². The maximum atomic E-state index is 12.6. The van der Waals surface area contributed by atoms with Gasteiger partial charge in [0.25, 0.3) is 0 Å². The number of nitrogens with one attached hydrogen (secondary N) is 2. The molecule has 2 unspecified atom stereocenters. The van der Waals surface area contributed by atoms with E-state index in [1.807, 2.05) is 0 Å². The molecule has 2 rings (SSSR count). The molecule has 6 heteroatoms. The predicted molar refractivity (Wildman–Crippen MR) is 78.2 cm³/mol. The summed E-state index contributed by atoms with van der Waals surface area (Å²) in [5.41, 5.74) is -0.269. The standard InChI is InChI=1S/C16H21F3N2O/c1-11-5-2-3-8-14(11)21-15(22)20-10-12-6-4-7-13(9-12)16(17,18)19/h4,6-7,9,11,14H,2-3,5,8,10H2,1H3,(H2,20,21,22). The van der Waals surface area contributed by atoms with Crippen molar-refractivity contribution in [1.82, 2.24) is 10.6 Å². The normalized spacial score (nSPS) is 22.2. The van der Waals surface area contributed by atoms with Crippen molar-refractivity contribution in [3.05, 3.63) is 35.4 Å². The molecule has 2 amide bonds. The highest BCUT2D eigenvalue weighted by molar-refractivity contribution is 5.74. The molecule has 3 nitrogen and oxygen atoms in total. The molecule has 1 aromatic rings. The predicted octanol–water partition coefficient (Wildman–Crippen LogP) is 4.08. The third-order valence-electron chi connectivity index (χ3n) is 4.14. The number of urea groups is 1. The van der Waals surface area contributed by atoms with E-state index < -0.39 is 11.7 Å². The van der Waals surface area contributed by atoms with Crippen molar-refractivity contribution >= 4 is 6.03 Å². The first kappa shape index (κ1) is 16.6. The molecular formula is C16H21F3N2O. The molecule has 1 fully saturated rings. The van der Waals surface area contributed by atoms with Gasteiger partial charge in [0.05, 0.1) is 5.56 Å². The Morgan fingerprint density at radius 2 is 2.00 bits per heavy atom. The van der Waals surface area contributed by atoms with Crippen LogP contribution >= 0.6 is 0 Å². The average Bonchev–Trinajstić information content (AvgIpc) is 2.47. The molecular weight excluding hydrogens is 293 g/mol. The van der Waals surface area contributed by atoms with Gasteiger partial charge in [0.15, 0.2) is 0 Å². The van der Waals surface area contributed by atoms with Crippen molar-refractivity contribution < 1.29 is 18.0 Å². The number of carbonyl (C=O) groups is 1. The molecule has 22 heavy (non-hydrogen) atoms. The monoisotopic (exact) mass is 314 g/mol. The van der Waals surface area contributed by atoms with E-state index in [-0.39, 0.29) is 18.6 Å². The second-order valence-corrected chi connectivity index (χ2v) is 5.89. The Bertz CT molecular complexity index is 516. The summed E-state index contributed by atoms with van der Waals surface area (Å²) in [7, 11) is 0. The van der Waals surface area contributed by atoms with Crippen LogP contribution in [0.3, 0.4) is 0 Å². The van der Waals surface area contributed by atoms with Crippen molar-refractivity contribution in [2.75, 3.05) is 0 Å². The molecule has 1 saturated carbocycles. The van der Waals surface area contributed by atoms with Gasteiger partial charge in [-0.3, -0.25) is 0 Å². The van der Waals surface area contributed by atoms with Crippen LogP contribution in [0.4, 0.5) is 18.0 Å². The molecule has 2 N–H and O–H groups in total. The van der Waals surface area contributed by atoms with Gasteiger partial charge in [-0.05, 0) is 36.5 Å². The molecule has 0 aromatic heterocycles. The van der Waals surface area contributed by atoms with Gasteiger partial charge in [-0.2, -0.15) is 13.2 Å². The zero-order valence-electron chi connectivity index (χ0n) is 12.5. The lowest BCUT2D eigenvalue weighted by molar-refractivity contribution is -0.137. The van der Waals surface area contributed by atoms with Gasteiger partial charge in [-0.15, -0.1) is 0 Å². The quantitative estimate of drug-likeness (QED) is 0.867. The summed E-state index contributed by atoms with van der Waals surface area (Å²) in [6.07, 6.45) is -0.0271. The Kier molecular flexibility index (Phi) is 5.32. The zero-order chi connectivity index (χ0) is 16.2. The van der Waals surface area contributed by atoms with Gasteiger partial charge in [-0.1, -0.05) is 31.9 Å². The van der Waals surface area contributed by atoms with Crippen LogP contribution in [0.1, 0.15) is 43.7 Å². The minimum Gasteiger partial charge on any atom is -0.335 e. The number of alkyl halides is 3. The first-order chi connectivity index (χ1) is 10.4. The molecule has 2 atom stereocenters. The Morgan fingerprint density at radius 1 is 1.27 bits per heavy atom. The first-order valence-corrected chi connectivity index (χ1v) is 7.57. The van der Waals surface area contributed by atoms with Crippen molar-refractivity contribution in [2.45, 2.75) is 51.4 Å². The SMILES string of the molecule is CC1CCCCC1NC(=O)NCc1cccc(C(F)(F)F)c1. The largest absolute Gasteiger partial charge is 0.416 e. The number of hydrogen-bond acceptors (Lipinski definition) is 1. The van der Waals surface area contributed by atoms with Gasteiger partial charge < -0.3 is 10.6 Å². The van der Waals surface area contributed by atoms with Crippen molar-refractivity contribution in [1.29, 1.82) is 0 Å². The Morgan fingerprint density at radius 3 is 2.68 bits per heavy atom. The number of carbonyl (C=O) groups excluding carboxylic acids is 1. The third-order valence-corrected chi connectivity index (χ3v) is 4.14. The van der Waals surface area contributed by atoms with Crippen LogP contribution in [-0.2, 0) is 12.7 Å². The molecule has 122 valence electrons. The number of amides is 2. The fourth-order valence-corrected chi connectivity index (χ4v) is 2.79. The summed E-state index contributed by atoms with van der Waals surface area (Å²) in [4.78, 5) is 11.9. The highest BCUT2D eigenvalue weighted by atomic mass is 19.4. The van der Waals surface area contributed by atoms with Crippen LogP contribution in [0.5, 0.6) is 0 Å². The van der Waals surface area contributed by atoms with Crippen molar-refractivity contribution in [3.8, 4) is 0 Å². The maximum Gasteiger partial charge on any atom is 0.416 e. The van der Waals surface area contributed by atoms with E-state index in [9.17, 15) is 18.0 Å². The Balaban J connectivity index is 1.86. The molecule has 0 saturated heterocycles. The van der Waals surface area contributed by atoms with Gasteiger partial charge in [0.1, 0.15) is 0 Å². The summed E-state index contributed by atoms with van der Waals surface area (Å²) < 4.78 is 37.9. The third kappa shape index (κ3) is 4.64. The van der Waals surface area contributed by atoms with Gasteiger partial charge in [0.2, 0.25) is 0 Å². The lowest BCUT2D eigenvalue weighted by Gasteiger charge is -2.29. The van der Waals surface area contributed by atoms with E-state index in [0.717, 1.165) is 31.4 Å². The van der Waals surface area contributed by atoms with Crippen molar-refractivity contribution in [3.63, 3.8) is 0 Å². The van der Waals surface area contributed by atoms with Gasteiger partial charge >= 0.3 is 12.2 Å². The Hall–Kier alpha value is -1.72. The van der Waals surface area contributed by atoms with E-state index in [1.165, 1.54) is 12.5 Å². The second kappa shape index (κ2) is 7.03. The minimum atomic E-state index is -4.37. The molecule has 0 spiro atoms. The van der Waals surface area contributed by atoms with Crippen LogP contribution in [0.15, 0.2) is 24.3 Å². The molecule has 1 aliphatic rings. The smallest absolute Gasteiger partial charge is 0.335 e. The molecule has 1 aromatic carbocycles. The molecule has 1 aliphatic carbocycles. The number of benzene rings is 1. The van der Waals surface area contributed by atoms with Crippen LogP contribution in [0.25, 0.3) is 0 Å². The van der Waals surface area contributed by atoms with Crippen LogP contribution < -0.4 is 10.6 Å². The van der Waals surface area contributed by atoms with Crippen molar-refractivity contribution in [2.24, 2.45) is 5.92 Å². The summed E-state index contributed by atoms with van der Waals surface area (Å²) in [5, 5.41) is 5.54. The molecule has 0 bridgehead atoms. The highest BCUT2D eigenvalue weighted by Crippen LogP contribution is 2.29. The van der Waals surface area contributed by atoms with E-state index >= 15 is 0 Å². The lowest BCUT2D eigenvalue weighted by Crippen LogP contribution is -2.45. The number of hydrogen-bond donors (Lipinski definition) is 2. The summed E-state index contributed by atoms with van der Waals surface area (Å²) in [6.45, 7) is 2.19.